The zero-order chi connectivity index (χ0) is 14.5. The molecule has 0 aliphatic rings. The normalized spacial score (nSPS) is 11.6. The standard InChI is InChI=1S/C13H12N4O3/c1-8(19-13(15)18)12-16-11(17-20-12)10-4-2-3-9(7-10)5-6-14/h2-4,7-8H,5H2,1H3,(H2,15,18). The predicted molar refractivity (Wildman–Crippen MR) is 68.1 cm³/mol. The molecule has 1 atom stereocenters. The number of nitrogens with two attached hydrogens (primary N) is 1. The van der Waals surface area contributed by atoms with E-state index in [1.165, 1.54) is 0 Å². The van der Waals surface area contributed by atoms with Crippen LogP contribution in [0.4, 0.5) is 4.79 Å². The van der Waals surface area contributed by atoms with Crippen LogP contribution >= 0.6 is 0 Å². The molecule has 0 bridgehead atoms. The van der Waals surface area contributed by atoms with Gasteiger partial charge < -0.3 is 15.0 Å². The highest BCUT2D eigenvalue weighted by Gasteiger charge is 2.18. The van der Waals surface area contributed by atoms with Gasteiger partial charge in [-0.05, 0) is 18.6 Å². The summed E-state index contributed by atoms with van der Waals surface area (Å²) < 4.78 is 9.77. The highest BCUT2D eigenvalue weighted by atomic mass is 16.6. The maximum atomic E-state index is 10.7. The number of hydrogen-bond acceptors (Lipinski definition) is 6. The van der Waals surface area contributed by atoms with Crippen molar-refractivity contribution in [1.82, 2.24) is 10.1 Å². The molecule has 1 aromatic carbocycles. The minimum atomic E-state index is -0.909. The summed E-state index contributed by atoms with van der Waals surface area (Å²) in [4.78, 5) is 14.8. The zero-order valence-electron chi connectivity index (χ0n) is 10.7. The Labute approximate surface area is 115 Å². The van der Waals surface area contributed by atoms with Crippen LogP contribution in [0.1, 0.15) is 24.5 Å². The molecule has 0 aliphatic carbocycles. The quantitative estimate of drug-likeness (QED) is 0.909. The minimum Gasteiger partial charge on any atom is -0.437 e. The number of nitriles is 1. The van der Waals surface area contributed by atoms with Gasteiger partial charge in [0.1, 0.15) is 0 Å². The Hall–Kier alpha value is -2.88. The van der Waals surface area contributed by atoms with Gasteiger partial charge >= 0.3 is 6.09 Å². The van der Waals surface area contributed by atoms with Crippen LogP contribution in [0.3, 0.4) is 0 Å². The second kappa shape index (κ2) is 5.84. The Morgan fingerprint density at radius 2 is 2.40 bits per heavy atom. The number of carbonyl (C=O) groups is 1. The van der Waals surface area contributed by atoms with Gasteiger partial charge in [-0.15, -0.1) is 0 Å². The van der Waals surface area contributed by atoms with Crippen LogP contribution in [0.2, 0.25) is 0 Å². The van der Waals surface area contributed by atoms with Crippen molar-refractivity contribution in [3.05, 3.63) is 35.7 Å². The molecule has 0 spiro atoms. The molecule has 1 aromatic heterocycles. The monoisotopic (exact) mass is 272 g/mol. The third-order valence-electron chi connectivity index (χ3n) is 2.55. The molecule has 2 N–H and O–H groups in total. The van der Waals surface area contributed by atoms with Gasteiger partial charge in [0.2, 0.25) is 5.82 Å². The van der Waals surface area contributed by atoms with Crippen LogP contribution in [0.5, 0.6) is 0 Å². The molecular formula is C13H12N4O3. The number of benzene rings is 1. The molecule has 2 rings (SSSR count). The SMILES string of the molecule is CC(OC(N)=O)c1nc(-c2cccc(CC#N)c2)no1. The van der Waals surface area contributed by atoms with E-state index in [2.05, 4.69) is 16.2 Å². The van der Waals surface area contributed by atoms with Gasteiger partial charge in [-0.25, -0.2) is 4.79 Å². The maximum absolute atomic E-state index is 10.7. The van der Waals surface area contributed by atoms with E-state index < -0.39 is 12.2 Å². The average molecular weight is 272 g/mol. The molecule has 2 aromatic rings. The van der Waals surface area contributed by atoms with E-state index in [0.29, 0.717) is 12.2 Å². The van der Waals surface area contributed by atoms with Crippen molar-refractivity contribution in [2.24, 2.45) is 5.73 Å². The van der Waals surface area contributed by atoms with Gasteiger partial charge in [0.05, 0.1) is 12.5 Å². The average Bonchev–Trinajstić information content (AvgIpc) is 2.88. The molecule has 7 nitrogen and oxygen atoms in total. The first-order valence-electron chi connectivity index (χ1n) is 5.86. The Balaban J connectivity index is 2.22. The molecule has 0 fully saturated rings. The van der Waals surface area contributed by atoms with Gasteiger partial charge in [-0.2, -0.15) is 10.2 Å². The smallest absolute Gasteiger partial charge is 0.405 e. The van der Waals surface area contributed by atoms with E-state index in [9.17, 15) is 4.79 Å². The zero-order valence-corrected chi connectivity index (χ0v) is 10.7. The number of primary amides is 1. The molecule has 102 valence electrons. The molecule has 20 heavy (non-hydrogen) atoms. The summed E-state index contributed by atoms with van der Waals surface area (Å²) in [6.07, 6.45) is -1.32. The third-order valence-corrected chi connectivity index (χ3v) is 2.55. The summed E-state index contributed by atoms with van der Waals surface area (Å²) in [6.45, 7) is 1.58. The second-order valence-electron chi connectivity index (χ2n) is 4.07. The minimum absolute atomic E-state index is 0.157. The lowest BCUT2D eigenvalue weighted by Gasteiger charge is -2.04. The number of aromatic nitrogens is 2. The Bertz CT molecular complexity index is 660. The van der Waals surface area contributed by atoms with E-state index in [0.717, 1.165) is 11.1 Å². The lowest BCUT2D eigenvalue weighted by Crippen LogP contribution is -2.15. The Morgan fingerprint density at radius 1 is 1.60 bits per heavy atom. The fraction of sp³-hybridized carbons (Fsp3) is 0.231. The van der Waals surface area contributed by atoms with Crippen LogP contribution in [0.25, 0.3) is 11.4 Å². The van der Waals surface area contributed by atoms with Crippen molar-refractivity contribution in [1.29, 1.82) is 5.26 Å². The molecule has 0 saturated heterocycles. The van der Waals surface area contributed by atoms with Crippen LogP contribution in [0.15, 0.2) is 28.8 Å². The first-order valence-corrected chi connectivity index (χ1v) is 5.86. The van der Waals surface area contributed by atoms with Gasteiger partial charge in [-0.3, -0.25) is 0 Å². The predicted octanol–water partition coefficient (Wildman–Crippen LogP) is 1.96. The lowest BCUT2D eigenvalue weighted by molar-refractivity contribution is 0.0959. The van der Waals surface area contributed by atoms with Crippen molar-refractivity contribution in [3.63, 3.8) is 0 Å². The number of ether oxygens (including phenoxy) is 1. The molecule has 0 aliphatic heterocycles. The lowest BCUT2D eigenvalue weighted by atomic mass is 10.1. The van der Waals surface area contributed by atoms with Gasteiger partial charge in [0, 0.05) is 5.56 Å². The Kier molecular flexibility index (Phi) is 3.96. The fourth-order valence-corrected chi connectivity index (χ4v) is 1.65. The van der Waals surface area contributed by atoms with Crippen molar-refractivity contribution >= 4 is 6.09 Å². The molecule has 1 amide bonds. The fourth-order valence-electron chi connectivity index (χ4n) is 1.65. The topological polar surface area (TPSA) is 115 Å². The van der Waals surface area contributed by atoms with Gasteiger partial charge in [0.25, 0.3) is 5.89 Å². The van der Waals surface area contributed by atoms with Crippen molar-refractivity contribution in [2.75, 3.05) is 0 Å². The second-order valence-corrected chi connectivity index (χ2v) is 4.07. The van der Waals surface area contributed by atoms with E-state index >= 15 is 0 Å². The van der Waals surface area contributed by atoms with E-state index in [4.69, 9.17) is 20.3 Å². The molecule has 1 unspecified atom stereocenters. The maximum Gasteiger partial charge on any atom is 0.405 e. The first-order chi connectivity index (χ1) is 9.60. The van der Waals surface area contributed by atoms with E-state index in [-0.39, 0.29) is 5.89 Å². The largest absolute Gasteiger partial charge is 0.437 e. The molecule has 1 heterocycles. The van der Waals surface area contributed by atoms with Crippen LogP contribution in [0, 0.1) is 11.3 Å². The molecule has 0 radical (unpaired) electrons. The van der Waals surface area contributed by atoms with Crippen molar-refractivity contribution in [2.45, 2.75) is 19.4 Å². The third kappa shape index (κ3) is 3.11. The summed E-state index contributed by atoms with van der Waals surface area (Å²) in [7, 11) is 0. The molecular weight excluding hydrogens is 260 g/mol. The summed E-state index contributed by atoms with van der Waals surface area (Å²) >= 11 is 0. The summed E-state index contributed by atoms with van der Waals surface area (Å²) in [5.41, 5.74) is 6.50. The Morgan fingerprint density at radius 3 is 3.10 bits per heavy atom. The number of nitrogens with zero attached hydrogens (tertiary/aromatic N) is 3. The van der Waals surface area contributed by atoms with Crippen LogP contribution in [-0.2, 0) is 11.2 Å². The number of hydrogen-bond donors (Lipinski definition) is 1. The highest BCUT2D eigenvalue weighted by Crippen LogP contribution is 2.21. The van der Waals surface area contributed by atoms with E-state index in [1.807, 2.05) is 6.07 Å². The number of amides is 1. The summed E-state index contributed by atoms with van der Waals surface area (Å²) in [5.74, 6) is 0.518. The number of carbonyl (C=O) groups excluding carboxylic acids is 1. The summed E-state index contributed by atoms with van der Waals surface area (Å²) in [5, 5.41) is 12.5. The highest BCUT2D eigenvalue weighted by molar-refractivity contribution is 5.64. The number of rotatable bonds is 4. The van der Waals surface area contributed by atoms with Crippen molar-refractivity contribution < 1.29 is 14.1 Å². The summed E-state index contributed by atoms with van der Waals surface area (Å²) in [6, 6.07) is 9.32. The van der Waals surface area contributed by atoms with Gasteiger partial charge in [0.15, 0.2) is 6.10 Å². The van der Waals surface area contributed by atoms with Crippen molar-refractivity contribution in [3.8, 4) is 17.5 Å². The van der Waals surface area contributed by atoms with Crippen LogP contribution in [-0.4, -0.2) is 16.2 Å². The van der Waals surface area contributed by atoms with E-state index in [1.54, 1.807) is 25.1 Å². The first kappa shape index (κ1) is 13.5. The molecule has 7 heteroatoms. The van der Waals surface area contributed by atoms with Gasteiger partial charge in [-0.1, -0.05) is 23.4 Å². The van der Waals surface area contributed by atoms with Crippen LogP contribution < -0.4 is 5.73 Å². The molecule has 0 saturated carbocycles.